The molecule has 0 saturated carbocycles. The van der Waals surface area contributed by atoms with Crippen molar-refractivity contribution in [2.45, 2.75) is 33.0 Å². The van der Waals surface area contributed by atoms with E-state index in [1.807, 2.05) is 4.57 Å². The van der Waals surface area contributed by atoms with Gasteiger partial charge < -0.3 is 19.9 Å². The van der Waals surface area contributed by atoms with Crippen LogP contribution in [0.4, 0.5) is 24.7 Å². The Morgan fingerprint density at radius 1 is 1.06 bits per heavy atom. The zero-order valence-corrected chi connectivity index (χ0v) is 17.6. The van der Waals surface area contributed by atoms with Crippen LogP contribution in [-0.4, -0.2) is 38.1 Å². The minimum Gasteiger partial charge on any atom is -0.383 e. The predicted molar refractivity (Wildman–Crippen MR) is 114 cm³/mol. The number of rotatable bonds is 5. The summed E-state index contributed by atoms with van der Waals surface area (Å²) in [7, 11) is 0. The zero-order valence-electron chi connectivity index (χ0n) is 17.6. The molecular weight excluding hydrogens is 421 g/mol. The number of nitrogens with one attached hydrogen (secondary N) is 1. The molecular formula is C23H23F3N4O2. The average molecular weight is 444 g/mol. The van der Waals surface area contributed by atoms with Crippen molar-refractivity contribution in [1.82, 2.24) is 14.5 Å². The second kappa shape index (κ2) is 8.66. The number of fused-ring (bicyclic) bond motifs is 1. The van der Waals surface area contributed by atoms with Gasteiger partial charge >= 0.3 is 0 Å². The van der Waals surface area contributed by atoms with E-state index in [2.05, 4.69) is 10.3 Å². The normalized spacial score (nSPS) is 14.4. The van der Waals surface area contributed by atoms with Gasteiger partial charge in [0.05, 0.1) is 6.54 Å². The second-order valence-corrected chi connectivity index (χ2v) is 8.09. The number of benzene rings is 2. The molecule has 3 aromatic rings. The lowest BCUT2D eigenvalue weighted by atomic mass is 10.1. The van der Waals surface area contributed by atoms with Crippen molar-refractivity contribution in [3.63, 3.8) is 0 Å². The number of nitrogens with zero attached hydrogens (tertiary/aromatic N) is 3. The highest BCUT2D eigenvalue weighted by Crippen LogP contribution is 2.33. The number of aromatic nitrogens is 2. The fraction of sp³-hybridized carbons (Fsp3) is 0.304. The van der Waals surface area contributed by atoms with Crippen LogP contribution in [0.1, 0.15) is 19.7 Å². The van der Waals surface area contributed by atoms with E-state index >= 15 is 0 Å². The number of amides is 1. The van der Waals surface area contributed by atoms with Crippen molar-refractivity contribution in [3.05, 3.63) is 65.7 Å². The maximum absolute atomic E-state index is 13.7. The van der Waals surface area contributed by atoms with E-state index in [1.165, 1.54) is 18.2 Å². The summed E-state index contributed by atoms with van der Waals surface area (Å²) >= 11 is 0. The Morgan fingerprint density at radius 3 is 2.44 bits per heavy atom. The van der Waals surface area contributed by atoms with Gasteiger partial charge in [-0.1, -0.05) is 13.8 Å². The first kappa shape index (κ1) is 21.9. The molecule has 1 atom stereocenters. The van der Waals surface area contributed by atoms with Crippen LogP contribution >= 0.6 is 0 Å². The van der Waals surface area contributed by atoms with E-state index in [1.54, 1.807) is 30.9 Å². The minimum atomic E-state index is -1.10. The molecule has 0 spiro atoms. The van der Waals surface area contributed by atoms with Crippen LogP contribution < -0.4 is 5.32 Å². The van der Waals surface area contributed by atoms with Gasteiger partial charge in [-0.05, 0) is 42.3 Å². The van der Waals surface area contributed by atoms with Crippen LogP contribution in [0.2, 0.25) is 0 Å². The third kappa shape index (κ3) is 4.20. The maximum Gasteiger partial charge on any atom is 0.252 e. The van der Waals surface area contributed by atoms with Crippen molar-refractivity contribution in [2.24, 2.45) is 5.92 Å². The van der Waals surface area contributed by atoms with Gasteiger partial charge in [-0.15, -0.1) is 0 Å². The standard InChI is InChI=1S/C23H23F3N4O2/c1-13(2)21(31)23(32)29-9-10-30-19(12-29)28-20(14-3-5-15(24)6-4-14)22(30)27-16-7-8-17(25)18(26)11-16/h3-8,11,13,21,27,31H,9-10,12H2,1-2H3/t21-/m1/s1. The molecule has 9 heteroatoms. The van der Waals surface area contributed by atoms with Crippen LogP contribution in [0, 0.1) is 23.4 Å². The molecule has 2 aromatic carbocycles. The summed E-state index contributed by atoms with van der Waals surface area (Å²) in [5, 5.41) is 13.3. The molecule has 6 nitrogen and oxygen atoms in total. The van der Waals surface area contributed by atoms with Crippen LogP contribution in [0.5, 0.6) is 0 Å². The highest BCUT2D eigenvalue weighted by atomic mass is 19.2. The Labute approximate surface area is 183 Å². The Balaban J connectivity index is 1.72. The Kier molecular flexibility index (Phi) is 5.92. The zero-order chi connectivity index (χ0) is 23.0. The molecule has 2 heterocycles. The molecule has 0 radical (unpaired) electrons. The van der Waals surface area contributed by atoms with Gasteiger partial charge in [0, 0.05) is 30.4 Å². The lowest BCUT2D eigenvalue weighted by molar-refractivity contribution is -0.144. The summed E-state index contributed by atoms with van der Waals surface area (Å²) in [6.45, 7) is 4.44. The number of anilines is 2. The Morgan fingerprint density at radius 2 is 1.78 bits per heavy atom. The fourth-order valence-corrected chi connectivity index (χ4v) is 3.64. The number of hydrogen-bond donors (Lipinski definition) is 2. The summed E-state index contributed by atoms with van der Waals surface area (Å²) in [6.07, 6.45) is -1.10. The molecule has 0 fully saturated rings. The monoisotopic (exact) mass is 444 g/mol. The summed E-state index contributed by atoms with van der Waals surface area (Å²) < 4.78 is 42.4. The number of hydrogen-bond acceptors (Lipinski definition) is 4. The molecule has 1 aliphatic rings. The molecule has 4 rings (SSSR count). The molecule has 1 amide bonds. The van der Waals surface area contributed by atoms with Crippen LogP contribution in [0.15, 0.2) is 42.5 Å². The molecule has 1 aliphatic heterocycles. The quantitative estimate of drug-likeness (QED) is 0.623. The number of aliphatic hydroxyl groups is 1. The largest absolute Gasteiger partial charge is 0.383 e. The number of halogens is 3. The first-order chi connectivity index (χ1) is 15.2. The van der Waals surface area contributed by atoms with E-state index in [0.717, 1.165) is 12.1 Å². The van der Waals surface area contributed by atoms with E-state index < -0.39 is 23.6 Å². The molecule has 1 aromatic heterocycles. The SMILES string of the molecule is CC(C)[C@@H](O)C(=O)N1CCn2c(nc(-c3ccc(F)cc3)c2Nc2ccc(F)c(F)c2)C1. The van der Waals surface area contributed by atoms with E-state index in [9.17, 15) is 23.1 Å². The maximum atomic E-state index is 13.7. The number of carbonyl (C=O) groups excluding carboxylic acids is 1. The van der Waals surface area contributed by atoms with Gasteiger partial charge in [0.15, 0.2) is 11.6 Å². The number of imidazole rings is 1. The second-order valence-electron chi connectivity index (χ2n) is 8.09. The third-order valence-electron chi connectivity index (χ3n) is 5.47. The number of carbonyl (C=O) groups is 1. The summed E-state index contributed by atoms with van der Waals surface area (Å²) in [5.41, 5.74) is 1.44. The third-order valence-corrected chi connectivity index (χ3v) is 5.47. The van der Waals surface area contributed by atoms with Crippen molar-refractivity contribution in [1.29, 1.82) is 0 Å². The van der Waals surface area contributed by atoms with Crippen LogP contribution in [-0.2, 0) is 17.9 Å². The highest BCUT2D eigenvalue weighted by molar-refractivity contribution is 5.81. The lowest BCUT2D eigenvalue weighted by Crippen LogP contribution is -2.45. The average Bonchev–Trinajstić information content (AvgIpc) is 3.13. The lowest BCUT2D eigenvalue weighted by Gasteiger charge is -2.31. The van der Waals surface area contributed by atoms with Gasteiger partial charge in [0.25, 0.3) is 5.91 Å². The molecule has 0 bridgehead atoms. The van der Waals surface area contributed by atoms with Crippen molar-refractivity contribution >= 4 is 17.4 Å². The topological polar surface area (TPSA) is 70.4 Å². The Hall–Kier alpha value is -3.33. The molecule has 0 unspecified atom stereocenters. The van der Waals surface area contributed by atoms with E-state index in [-0.39, 0.29) is 18.4 Å². The molecule has 32 heavy (non-hydrogen) atoms. The minimum absolute atomic E-state index is 0.177. The van der Waals surface area contributed by atoms with E-state index in [4.69, 9.17) is 0 Å². The van der Waals surface area contributed by atoms with Crippen molar-refractivity contribution in [2.75, 3.05) is 11.9 Å². The molecule has 168 valence electrons. The van der Waals surface area contributed by atoms with Gasteiger partial charge in [0.2, 0.25) is 0 Å². The van der Waals surface area contributed by atoms with Crippen molar-refractivity contribution < 1.29 is 23.1 Å². The molecule has 0 saturated heterocycles. The van der Waals surface area contributed by atoms with Crippen LogP contribution in [0.25, 0.3) is 11.3 Å². The molecule has 0 aliphatic carbocycles. The summed E-state index contributed by atoms with van der Waals surface area (Å²) in [6, 6.07) is 9.24. The number of aliphatic hydroxyl groups excluding tert-OH is 1. The smallest absolute Gasteiger partial charge is 0.252 e. The van der Waals surface area contributed by atoms with Crippen LogP contribution in [0.3, 0.4) is 0 Å². The first-order valence-electron chi connectivity index (χ1n) is 10.3. The predicted octanol–water partition coefficient (Wildman–Crippen LogP) is 4.07. The fourth-order valence-electron chi connectivity index (χ4n) is 3.64. The van der Waals surface area contributed by atoms with Gasteiger partial charge in [-0.3, -0.25) is 4.79 Å². The first-order valence-corrected chi connectivity index (χ1v) is 10.3. The van der Waals surface area contributed by atoms with E-state index in [0.29, 0.717) is 41.7 Å². The van der Waals surface area contributed by atoms with Gasteiger partial charge in [-0.25, -0.2) is 18.2 Å². The Bertz CT molecular complexity index is 1140. The summed E-state index contributed by atoms with van der Waals surface area (Å²) in [5.74, 6) is -1.85. The van der Waals surface area contributed by atoms with Gasteiger partial charge in [-0.2, -0.15) is 0 Å². The molecule has 2 N–H and O–H groups in total. The van der Waals surface area contributed by atoms with Gasteiger partial charge in [0.1, 0.15) is 29.3 Å². The highest BCUT2D eigenvalue weighted by Gasteiger charge is 2.31. The van der Waals surface area contributed by atoms with Crippen molar-refractivity contribution in [3.8, 4) is 11.3 Å². The summed E-state index contributed by atoms with van der Waals surface area (Å²) in [4.78, 5) is 18.8.